The van der Waals surface area contributed by atoms with E-state index >= 15 is 0 Å². The van der Waals surface area contributed by atoms with Crippen molar-refractivity contribution < 1.29 is 9.90 Å². The Kier molecular flexibility index (Phi) is 6.52. The zero-order valence-corrected chi connectivity index (χ0v) is 11.1. The number of hydrogen-bond acceptors (Lipinski definition) is 3. The van der Waals surface area contributed by atoms with E-state index < -0.39 is 5.97 Å². The third-order valence-electron chi connectivity index (χ3n) is 3.61. The highest BCUT2D eigenvalue weighted by atomic mass is 16.4. The van der Waals surface area contributed by atoms with Gasteiger partial charge in [0.25, 0.3) is 0 Å². The maximum absolute atomic E-state index is 11.1. The maximum atomic E-state index is 11.1. The molecule has 1 fully saturated rings. The minimum absolute atomic E-state index is 0.356. The fourth-order valence-corrected chi connectivity index (χ4v) is 2.40. The minimum atomic E-state index is -0.705. The van der Waals surface area contributed by atoms with E-state index in [0.717, 1.165) is 45.4 Å². The van der Waals surface area contributed by atoms with Gasteiger partial charge >= 0.3 is 5.97 Å². The second kappa shape index (κ2) is 7.67. The lowest BCUT2D eigenvalue weighted by atomic mass is 10.1. The molecule has 2 N–H and O–H groups in total. The van der Waals surface area contributed by atoms with Crippen molar-refractivity contribution in [2.75, 3.05) is 26.2 Å². The van der Waals surface area contributed by atoms with Gasteiger partial charge in [0.2, 0.25) is 0 Å². The topological polar surface area (TPSA) is 52.6 Å². The number of nitrogens with one attached hydrogen (secondary N) is 1. The Hall–Kier alpha value is -0.610. The van der Waals surface area contributed by atoms with E-state index in [-0.39, 0.29) is 6.04 Å². The molecular weight excluding hydrogens is 216 g/mol. The molecule has 1 rings (SSSR count). The van der Waals surface area contributed by atoms with Crippen LogP contribution in [0.2, 0.25) is 0 Å². The first-order valence-corrected chi connectivity index (χ1v) is 6.85. The SMILES string of the molecule is CCCCC(NCC1CCN(CC)C1)C(=O)O. The van der Waals surface area contributed by atoms with Crippen LogP contribution in [-0.4, -0.2) is 48.2 Å². The van der Waals surface area contributed by atoms with E-state index in [9.17, 15) is 4.79 Å². The molecule has 2 unspecified atom stereocenters. The monoisotopic (exact) mass is 242 g/mol. The van der Waals surface area contributed by atoms with Crippen LogP contribution in [0.4, 0.5) is 0 Å². The highest BCUT2D eigenvalue weighted by Crippen LogP contribution is 2.15. The summed E-state index contributed by atoms with van der Waals surface area (Å²) in [5.41, 5.74) is 0. The summed E-state index contributed by atoms with van der Waals surface area (Å²) in [7, 11) is 0. The second-order valence-corrected chi connectivity index (χ2v) is 4.99. The van der Waals surface area contributed by atoms with Gasteiger partial charge < -0.3 is 15.3 Å². The molecule has 0 aromatic heterocycles. The van der Waals surface area contributed by atoms with Crippen LogP contribution in [0.25, 0.3) is 0 Å². The van der Waals surface area contributed by atoms with Crippen LogP contribution in [0.1, 0.15) is 39.5 Å². The molecule has 1 saturated heterocycles. The molecule has 1 aliphatic heterocycles. The third-order valence-corrected chi connectivity index (χ3v) is 3.61. The van der Waals surface area contributed by atoms with Crippen molar-refractivity contribution in [3.8, 4) is 0 Å². The van der Waals surface area contributed by atoms with E-state index in [1.807, 2.05) is 0 Å². The van der Waals surface area contributed by atoms with Gasteiger partial charge in [0, 0.05) is 13.1 Å². The smallest absolute Gasteiger partial charge is 0.320 e. The Morgan fingerprint density at radius 1 is 1.53 bits per heavy atom. The largest absolute Gasteiger partial charge is 0.480 e. The first kappa shape index (κ1) is 14.5. The molecule has 2 atom stereocenters. The van der Waals surface area contributed by atoms with Gasteiger partial charge in [0.05, 0.1) is 0 Å². The number of carbonyl (C=O) groups is 1. The molecule has 0 spiro atoms. The summed E-state index contributed by atoms with van der Waals surface area (Å²) in [6, 6.07) is -0.356. The fourth-order valence-electron chi connectivity index (χ4n) is 2.40. The van der Waals surface area contributed by atoms with E-state index in [4.69, 9.17) is 5.11 Å². The number of carboxylic acids is 1. The van der Waals surface area contributed by atoms with Gasteiger partial charge in [0.15, 0.2) is 0 Å². The lowest BCUT2D eigenvalue weighted by Gasteiger charge is -2.18. The number of hydrogen-bond donors (Lipinski definition) is 2. The Morgan fingerprint density at radius 2 is 2.29 bits per heavy atom. The lowest BCUT2D eigenvalue weighted by molar-refractivity contribution is -0.139. The quantitative estimate of drug-likeness (QED) is 0.678. The second-order valence-electron chi connectivity index (χ2n) is 4.99. The van der Waals surface area contributed by atoms with Crippen molar-refractivity contribution in [1.29, 1.82) is 0 Å². The number of carboxylic acid groups (broad SMARTS) is 1. The van der Waals surface area contributed by atoms with Gasteiger partial charge in [-0.25, -0.2) is 0 Å². The molecule has 1 heterocycles. The molecule has 4 heteroatoms. The molecule has 0 radical (unpaired) electrons. The predicted molar refractivity (Wildman–Crippen MR) is 69.2 cm³/mol. The minimum Gasteiger partial charge on any atom is -0.480 e. The van der Waals surface area contributed by atoms with Gasteiger partial charge in [-0.1, -0.05) is 26.7 Å². The van der Waals surface area contributed by atoms with Crippen molar-refractivity contribution in [2.45, 2.75) is 45.6 Å². The predicted octanol–water partition coefficient (Wildman–Crippen LogP) is 1.56. The normalized spacial score (nSPS) is 22.8. The van der Waals surface area contributed by atoms with Crippen molar-refractivity contribution in [3.05, 3.63) is 0 Å². The summed E-state index contributed by atoms with van der Waals surface area (Å²) in [5.74, 6) is -0.0813. The number of likely N-dealkylation sites (tertiary alicyclic amines) is 1. The first-order chi connectivity index (χ1) is 8.17. The standard InChI is InChI=1S/C13H26N2O2/c1-3-5-6-12(13(16)17)14-9-11-7-8-15(4-2)10-11/h11-12,14H,3-10H2,1-2H3,(H,16,17). The maximum Gasteiger partial charge on any atom is 0.320 e. The van der Waals surface area contributed by atoms with Crippen molar-refractivity contribution in [2.24, 2.45) is 5.92 Å². The Labute approximate surface area is 104 Å². The van der Waals surface area contributed by atoms with Crippen molar-refractivity contribution in [3.63, 3.8) is 0 Å². The summed E-state index contributed by atoms with van der Waals surface area (Å²) < 4.78 is 0. The first-order valence-electron chi connectivity index (χ1n) is 6.85. The van der Waals surface area contributed by atoms with Crippen LogP contribution < -0.4 is 5.32 Å². The molecule has 100 valence electrons. The van der Waals surface area contributed by atoms with Crippen LogP contribution in [0.15, 0.2) is 0 Å². The summed E-state index contributed by atoms with van der Waals surface area (Å²) in [6.45, 7) is 8.50. The number of nitrogens with zero attached hydrogens (tertiary/aromatic N) is 1. The van der Waals surface area contributed by atoms with Gasteiger partial charge in [0.1, 0.15) is 6.04 Å². The van der Waals surface area contributed by atoms with E-state index in [1.165, 1.54) is 6.42 Å². The number of rotatable bonds is 8. The molecular formula is C13H26N2O2. The highest BCUT2D eigenvalue weighted by Gasteiger charge is 2.23. The van der Waals surface area contributed by atoms with Crippen LogP contribution in [-0.2, 0) is 4.79 Å². The van der Waals surface area contributed by atoms with E-state index in [0.29, 0.717) is 5.92 Å². The molecule has 0 aromatic carbocycles. The Bertz CT molecular complexity index is 233. The van der Waals surface area contributed by atoms with Gasteiger partial charge in [-0.05, 0) is 31.8 Å². The van der Waals surface area contributed by atoms with Crippen LogP contribution in [0, 0.1) is 5.92 Å². The molecule has 0 aliphatic carbocycles. The lowest BCUT2D eigenvalue weighted by Crippen LogP contribution is -2.40. The average Bonchev–Trinajstić information content (AvgIpc) is 2.76. The summed E-state index contributed by atoms with van der Waals surface area (Å²) in [5, 5.41) is 12.3. The molecule has 0 aromatic rings. The zero-order chi connectivity index (χ0) is 12.7. The summed E-state index contributed by atoms with van der Waals surface area (Å²) >= 11 is 0. The Balaban J connectivity index is 2.24. The molecule has 0 saturated carbocycles. The molecule has 0 amide bonds. The van der Waals surface area contributed by atoms with Gasteiger partial charge in [-0.3, -0.25) is 4.79 Å². The van der Waals surface area contributed by atoms with E-state index in [2.05, 4.69) is 24.1 Å². The average molecular weight is 242 g/mol. The van der Waals surface area contributed by atoms with Crippen molar-refractivity contribution >= 4 is 5.97 Å². The summed E-state index contributed by atoms with van der Waals surface area (Å²) in [4.78, 5) is 13.5. The van der Waals surface area contributed by atoms with Crippen LogP contribution in [0.5, 0.6) is 0 Å². The molecule has 4 nitrogen and oxygen atoms in total. The van der Waals surface area contributed by atoms with E-state index in [1.54, 1.807) is 0 Å². The molecule has 1 aliphatic rings. The third kappa shape index (κ3) is 5.04. The van der Waals surface area contributed by atoms with Crippen molar-refractivity contribution in [1.82, 2.24) is 10.2 Å². The van der Waals surface area contributed by atoms with Crippen LogP contribution >= 0.6 is 0 Å². The summed E-state index contributed by atoms with van der Waals surface area (Å²) in [6.07, 6.45) is 3.98. The van der Waals surface area contributed by atoms with Crippen LogP contribution in [0.3, 0.4) is 0 Å². The molecule has 0 bridgehead atoms. The van der Waals surface area contributed by atoms with Gasteiger partial charge in [-0.2, -0.15) is 0 Å². The number of aliphatic carboxylic acids is 1. The van der Waals surface area contributed by atoms with Gasteiger partial charge in [-0.15, -0.1) is 0 Å². The fraction of sp³-hybridized carbons (Fsp3) is 0.923. The molecule has 17 heavy (non-hydrogen) atoms. The zero-order valence-electron chi connectivity index (χ0n) is 11.1. The highest BCUT2D eigenvalue weighted by molar-refractivity contribution is 5.73. The Morgan fingerprint density at radius 3 is 2.82 bits per heavy atom. The number of unbranched alkanes of at least 4 members (excludes halogenated alkanes) is 1.